The summed E-state index contributed by atoms with van der Waals surface area (Å²) in [5.74, 6) is -0.345. The lowest BCUT2D eigenvalue weighted by atomic mass is 10.3. The molecule has 0 bridgehead atoms. The van der Waals surface area contributed by atoms with Crippen molar-refractivity contribution in [1.29, 1.82) is 0 Å². The Morgan fingerprint density at radius 1 is 1.69 bits per heavy atom. The Morgan fingerprint density at radius 3 is 2.85 bits per heavy atom. The minimum absolute atomic E-state index is 0.554. The van der Waals surface area contributed by atoms with E-state index in [4.69, 9.17) is 5.11 Å². The molecule has 70 valence electrons. The van der Waals surface area contributed by atoms with Gasteiger partial charge in [0.1, 0.15) is 11.9 Å². The SMILES string of the molecule is CC(Nc1ccc(Br)cn1)C(=O)O. The van der Waals surface area contributed by atoms with Crippen LogP contribution in [0.4, 0.5) is 5.82 Å². The van der Waals surface area contributed by atoms with Gasteiger partial charge in [0.15, 0.2) is 0 Å². The van der Waals surface area contributed by atoms with Gasteiger partial charge in [0.05, 0.1) is 0 Å². The molecule has 2 N–H and O–H groups in total. The minimum Gasteiger partial charge on any atom is -0.480 e. The zero-order valence-electron chi connectivity index (χ0n) is 6.99. The molecule has 0 aliphatic carbocycles. The topological polar surface area (TPSA) is 62.2 Å². The molecule has 0 saturated heterocycles. The molecular formula is C8H9BrN2O2. The third-order valence-corrected chi connectivity index (χ3v) is 1.93. The summed E-state index contributed by atoms with van der Waals surface area (Å²) in [6, 6.07) is 2.88. The van der Waals surface area contributed by atoms with E-state index in [9.17, 15) is 4.79 Å². The van der Waals surface area contributed by atoms with Crippen LogP contribution in [0.25, 0.3) is 0 Å². The number of pyridine rings is 1. The maximum Gasteiger partial charge on any atom is 0.325 e. The van der Waals surface area contributed by atoms with Gasteiger partial charge in [-0.05, 0) is 35.0 Å². The smallest absolute Gasteiger partial charge is 0.325 e. The molecule has 1 aromatic rings. The molecule has 1 rings (SSSR count). The Morgan fingerprint density at radius 2 is 2.38 bits per heavy atom. The van der Waals surface area contributed by atoms with Crippen molar-refractivity contribution in [3.05, 3.63) is 22.8 Å². The fourth-order valence-corrected chi connectivity index (χ4v) is 0.979. The second-order valence-corrected chi connectivity index (χ2v) is 3.48. The van der Waals surface area contributed by atoms with E-state index < -0.39 is 12.0 Å². The predicted octanol–water partition coefficient (Wildman–Crippen LogP) is 1.73. The number of halogens is 1. The van der Waals surface area contributed by atoms with Gasteiger partial charge in [0, 0.05) is 10.7 Å². The van der Waals surface area contributed by atoms with Crippen LogP contribution in [0, 0.1) is 0 Å². The van der Waals surface area contributed by atoms with Crippen molar-refractivity contribution in [2.45, 2.75) is 13.0 Å². The Hall–Kier alpha value is -1.10. The summed E-state index contributed by atoms with van der Waals surface area (Å²) < 4.78 is 0.862. The first-order chi connectivity index (χ1) is 6.09. The van der Waals surface area contributed by atoms with Crippen molar-refractivity contribution in [1.82, 2.24) is 4.98 Å². The maximum absolute atomic E-state index is 10.5. The highest BCUT2D eigenvalue weighted by atomic mass is 79.9. The highest BCUT2D eigenvalue weighted by Gasteiger charge is 2.09. The van der Waals surface area contributed by atoms with Gasteiger partial charge in [0.2, 0.25) is 0 Å². The summed E-state index contributed by atoms with van der Waals surface area (Å²) in [5.41, 5.74) is 0. The number of aliphatic carboxylic acids is 1. The molecule has 13 heavy (non-hydrogen) atoms. The lowest BCUT2D eigenvalue weighted by Crippen LogP contribution is -2.25. The normalized spacial score (nSPS) is 12.2. The summed E-state index contributed by atoms with van der Waals surface area (Å²) in [7, 11) is 0. The van der Waals surface area contributed by atoms with Gasteiger partial charge in [-0.2, -0.15) is 0 Å². The molecule has 1 atom stereocenters. The summed E-state index contributed by atoms with van der Waals surface area (Å²) in [4.78, 5) is 14.5. The number of carboxylic acids is 1. The van der Waals surface area contributed by atoms with E-state index in [1.807, 2.05) is 0 Å². The number of aromatic nitrogens is 1. The maximum atomic E-state index is 10.5. The second kappa shape index (κ2) is 4.23. The number of nitrogens with zero attached hydrogens (tertiary/aromatic N) is 1. The molecular weight excluding hydrogens is 236 g/mol. The van der Waals surface area contributed by atoms with Gasteiger partial charge in [-0.25, -0.2) is 4.98 Å². The van der Waals surface area contributed by atoms with E-state index in [0.29, 0.717) is 5.82 Å². The van der Waals surface area contributed by atoms with Gasteiger partial charge in [-0.1, -0.05) is 0 Å². The van der Waals surface area contributed by atoms with Crippen LogP contribution in [0.15, 0.2) is 22.8 Å². The van der Waals surface area contributed by atoms with E-state index in [1.54, 1.807) is 25.3 Å². The first kappa shape index (κ1) is 9.98. The molecule has 1 heterocycles. The number of hydrogen-bond acceptors (Lipinski definition) is 3. The van der Waals surface area contributed by atoms with Crippen LogP contribution in [-0.2, 0) is 4.79 Å². The van der Waals surface area contributed by atoms with E-state index in [2.05, 4.69) is 26.2 Å². The largest absolute Gasteiger partial charge is 0.480 e. The third-order valence-electron chi connectivity index (χ3n) is 1.46. The molecule has 0 amide bonds. The molecule has 0 radical (unpaired) electrons. The molecule has 0 aromatic carbocycles. The van der Waals surface area contributed by atoms with Crippen LogP contribution in [0.1, 0.15) is 6.92 Å². The number of nitrogens with one attached hydrogen (secondary N) is 1. The average Bonchev–Trinajstić information content (AvgIpc) is 2.08. The highest BCUT2D eigenvalue weighted by Crippen LogP contribution is 2.11. The average molecular weight is 245 g/mol. The fourth-order valence-electron chi connectivity index (χ4n) is 0.745. The Kier molecular flexibility index (Phi) is 3.25. The van der Waals surface area contributed by atoms with Crippen molar-refractivity contribution in [2.24, 2.45) is 0 Å². The molecule has 5 heteroatoms. The van der Waals surface area contributed by atoms with Crippen LogP contribution in [0.3, 0.4) is 0 Å². The van der Waals surface area contributed by atoms with Gasteiger partial charge >= 0.3 is 5.97 Å². The summed E-state index contributed by atoms with van der Waals surface area (Å²) >= 11 is 3.23. The number of rotatable bonds is 3. The van der Waals surface area contributed by atoms with Crippen LogP contribution < -0.4 is 5.32 Å². The van der Waals surface area contributed by atoms with Gasteiger partial charge in [-0.3, -0.25) is 4.79 Å². The molecule has 0 fully saturated rings. The highest BCUT2D eigenvalue weighted by molar-refractivity contribution is 9.10. The summed E-state index contributed by atoms with van der Waals surface area (Å²) in [6.07, 6.45) is 1.61. The quantitative estimate of drug-likeness (QED) is 0.851. The molecule has 0 aliphatic rings. The van der Waals surface area contributed by atoms with E-state index in [1.165, 1.54) is 0 Å². The zero-order valence-corrected chi connectivity index (χ0v) is 8.58. The molecule has 4 nitrogen and oxygen atoms in total. The standard InChI is InChI=1S/C8H9BrN2O2/c1-5(8(12)13)11-7-3-2-6(9)4-10-7/h2-5H,1H3,(H,10,11)(H,12,13). The summed E-state index contributed by atoms with van der Waals surface area (Å²) in [6.45, 7) is 1.56. The van der Waals surface area contributed by atoms with E-state index in [-0.39, 0.29) is 0 Å². The van der Waals surface area contributed by atoms with Crippen molar-refractivity contribution < 1.29 is 9.90 Å². The Balaban J connectivity index is 2.64. The Labute approximate surface area is 84.1 Å². The van der Waals surface area contributed by atoms with Gasteiger partial charge in [-0.15, -0.1) is 0 Å². The first-order valence-electron chi connectivity index (χ1n) is 3.70. The van der Waals surface area contributed by atoms with E-state index in [0.717, 1.165) is 4.47 Å². The van der Waals surface area contributed by atoms with Crippen molar-refractivity contribution in [2.75, 3.05) is 5.32 Å². The van der Waals surface area contributed by atoms with Crippen molar-refractivity contribution in [3.63, 3.8) is 0 Å². The van der Waals surface area contributed by atoms with Crippen LogP contribution in [0.2, 0.25) is 0 Å². The second-order valence-electron chi connectivity index (χ2n) is 2.57. The number of hydrogen-bond donors (Lipinski definition) is 2. The lowest BCUT2D eigenvalue weighted by Gasteiger charge is -2.08. The molecule has 0 aliphatic heterocycles. The number of anilines is 1. The molecule has 0 saturated carbocycles. The minimum atomic E-state index is -0.898. The number of carbonyl (C=O) groups is 1. The van der Waals surface area contributed by atoms with Crippen LogP contribution >= 0.6 is 15.9 Å². The van der Waals surface area contributed by atoms with Crippen LogP contribution in [0.5, 0.6) is 0 Å². The molecule has 0 spiro atoms. The van der Waals surface area contributed by atoms with Crippen molar-refractivity contribution in [3.8, 4) is 0 Å². The first-order valence-corrected chi connectivity index (χ1v) is 4.50. The molecule has 1 aromatic heterocycles. The lowest BCUT2D eigenvalue weighted by molar-refractivity contribution is -0.137. The van der Waals surface area contributed by atoms with Gasteiger partial charge in [0.25, 0.3) is 0 Å². The third kappa shape index (κ3) is 3.02. The predicted molar refractivity (Wildman–Crippen MR) is 52.7 cm³/mol. The fraction of sp³-hybridized carbons (Fsp3) is 0.250. The van der Waals surface area contributed by atoms with Crippen LogP contribution in [-0.4, -0.2) is 22.1 Å². The van der Waals surface area contributed by atoms with E-state index >= 15 is 0 Å². The van der Waals surface area contributed by atoms with Gasteiger partial charge < -0.3 is 10.4 Å². The Bertz CT molecular complexity index is 300. The number of carboxylic acid groups (broad SMARTS) is 1. The van der Waals surface area contributed by atoms with Crippen molar-refractivity contribution >= 4 is 27.7 Å². The molecule has 1 unspecified atom stereocenters. The summed E-state index contributed by atoms with van der Waals surface area (Å²) in [5, 5.41) is 11.3. The zero-order chi connectivity index (χ0) is 9.84. The monoisotopic (exact) mass is 244 g/mol.